The molecule has 1 rings (SSSR count). The largest absolute Gasteiger partial charge is 0.383 e. The van der Waals surface area contributed by atoms with E-state index in [4.69, 9.17) is 10.5 Å². The zero-order chi connectivity index (χ0) is 12.0. The van der Waals surface area contributed by atoms with Crippen LogP contribution in [-0.2, 0) is 9.53 Å². The number of ether oxygens (including phenoxy) is 1. The summed E-state index contributed by atoms with van der Waals surface area (Å²) in [6, 6.07) is 0. The minimum absolute atomic E-state index is 0.237. The van der Waals surface area contributed by atoms with Crippen molar-refractivity contribution in [1.29, 1.82) is 0 Å². The van der Waals surface area contributed by atoms with Crippen molar-refractivity contribution in [2.75, 3.05) is 39.9 Å². The molecule has 5 nitrogen and oxygen atoms in total. The van der Waals surface area contributed by atoms with Crippen LogP contribution >= 0.6 is 0 Å². The van der Waals surface area contributed by atoms with E-state index in [0.29, 0.717) is 13.2 Å². The van der Waals surface area contributed by atoms with Gasteiger partial charge in [0, 0.05) is 26.7 Å². The van der Waals surface area contributed by atoms with E-state index in [1.807, 2.05) is 0 Å². The normalized spacial score (nSPS) is 20.9. The number of likely N-dealkylation sites (tertiary alicyclic amines) is 1. The molecule has 0 aromatic carbocycles. The Morgan fingerprint density at radius 3 is 2.56 bits per heavy atom. The number of nitrogens with zero attached hydrogens (tertiary/aromatic N) is 1. The topological polar surface area (TPSA) is 67.6 Å². The van der Waals surface area contributed by atoms with Gasteiger partial charge in [0.25, 0.3) is 0 Å². The highest BCUT2D eigenvalue weighted by Crippen LogP contribution is 2.21. The molecule has 0 atom stereocenters. The minimum Gasteiger partial charge on any atom is -0.383 e. The number of hydrogen-bond acceptors (Lipinski definition) is 4. The van der Waals surface area contributed by atoms with Crippen LogP contribution in [0.25, 0.3) is 0 Å². The molecule has 0 aromatic heterocycles. The number of piperidine rings is 1. The predicted octanol–water partition coefficient (Wildman–Crippen LogP) is -0.438. The number of carbonyl (C=O) groups is 1. The van der Waals surface area contributed by atoms with Crippen molar-refractivity contribution in [3.05, 3.63) is 0 Å². The van der Waals surface area contributed by atoms with Crippen LogP contribution in [0, 0.1) is 0 Å². The van der Waals surface area contributed by atoms with Crippen molar-refractivity contribution in [2.24, 2.45) is 5.73 Å². The van der Waals surface area contributed by atoms with E-state index in [9.17, 15) is 4.79 Å². The Kier molecular flexibility index (Phi) is 5.18. The van der Waals surface area contributed by atoms with Gasteiger partial charge < -0.3 is 20.7 Å². The number of rotatable bonds is 6. The third kappa shape index (κ3) is 3.17. The van der Waals surface area contributed by atoms with Crippen molar-refractivity contribution in [3.8, 4) is 0 Å². The minimum atomic E-state index is -0.524. The van der Waals surface area contributed by atoms with Crippen LogP contribution in [0.15, 0.2) is 0 Å². The first-order chi connectivity index (χ1) is 7.64. The van der Waals surface area contributed by atoms with Gasteiger partial charge in [-0.3, -0.25) is 4.79 Å². The lowest BCUT2D eigenvalue weighted by molar-refractivity contribution is -0.126. The SMILES string of the molecule is CCN1CCC(NCCOC)(C(N)=O)CC1. The summed E-state index contributed by atoms with van der Waals surface area (Å²) < 4.78 is 4.97. The van der Waals surface area contributed by atoms with Crippen LogP contribution in [0.3, 0.4) is 0 Å². The summed E-state index contributed by atoms with van der Waals surface area (Å²) in [6.45, 7) is 6.31. The van der Waals surface area contributed by atoms with Gasteiger partial charge in [-0.2, -0.15) is 0 Å². The maximum Gasteiger partial charge on any atom is 0.237 e. The van der Waals surface area contributed by atoms with Gasteiger partial charge in [0.2, 0.25) is 5.91 Å². The highest BCUT2D eigenvalue weighted by atomic mass is 16.5. The van der Waals surface area contributed by atoms with Crippen LogP contribution in [-0.4, -0.2) is 56.2 Å². The molecule has 1 aliphatic heterocycles. The average molecular weight is 229 g/mol. The molecule has 16 heavy (non-hydrogen) atoms. The first-order valence-corrected chi connectivity index (χ1v) is 5.91. The first kappa shape index (κ1) is 13.4. The summed E-state index contributed by atoms with van der Waals surface area (Å²) in [5.74, 6) is -0.237. The van der Waals surface area contributed by atoms with Crippen LogP contribution in [0.1, 0.15) is 19.8 Å². The standard InChI is InChI=1S/C11H23N3O2/c1-3-14-7-4-11(5-8-14,10(12)15)13-6-9-16-2/h13H,3-9H2,1-2H3,(H2,12,15). The summed E-state index contributed by atoms with van der Waals surface area (Å²) in [5, 5.41) is 3.25. The molecule has 3 N–H and O–H groups in total. The molecule has 0 aliphatic carbocycles. The summed E-state index contributed by atoms with van der Waals surface area (Å²) >= 11 is 0. The van der Waals surface area contributed by atoms with Gasteiger partial charge in [0.15, 0.2) is 0 Å². The lowest BCUT2D eigenvalue weighted by Crippen LogP contribution is -2.61. The molecule has 1 fully saturated rings. The highest BCUT2D eigenvalue weighted by molar-refractivity contribution is 5.84. The quantitative estimate of drug-likeness (QED) is 0.606. The Balaban J connectivity index is 2.51. The third-order valence-corrected chi connectivity index (χ3v) is 3.40. The first-order valence-electron chi connectivity index (χ1n) is 5.91. The molecule has 1 heterocycles. The van der Waals surface area contributed by atoms with Gasteiger partial charge in [-0.1, -0.05) is 6.92 Å². The maximum absolute atomic E-state index is 11.6. The molecule has 94 valence electrons. The Morgan fingerprint density at radius 1 is 1.50 bits per heavy atom. The van der Waals surface area contributed by atoms with E-state index < -0.39 is 5.54 Å². The number of nitrogens with one attached hydrogen (secondary N) is 1. The molecule has 0 aromatic rings. The van der Waals surface area contributed by atoms with Crippen molar-refractivity contribution in [3.63, 3.8) is 0 Å². The summed E-state index contributed by atoms with van der Waals surface area (Å²) in [5.41, 5.74) is 4.99. The van der Waals surface area contributed by atoms with Crippen molar-refractivity contribution >= 4 is 5.91 Å². The number of nitrogens with two attached hydrogens (primary N) is 1. The highest BCUT2D eigenvalue weighted by Gasteiger charge is 2.38. The molecule has 1 saturated heterocycles. The third-order valence-electron chi connectivity index (χ3n) is 3.40. The second-order valence-corrected chi connectivity index (χ2v) is 4.30. The van der Waals surface area contributed by atoms with Crippen molar-refractivity contribution in [1.82, 2.24) is 10.2 Å². The van der Waals surface area contributed by atoms with Gasteiger partial charge in [-0.15, -0.1) is 0 Å². The molecular formula is C11H23N3O2. The zero-order valence-corrected chi connectivity index (χ0v) is 10.3. The Hall–Kier alpha value is -0.650. The maximum atomic E-state index is 11.6. The molecule has 0 bridgehead atoms. The van der Waals surface area contributed by atoms with Crippen molar-refractivity contribution in [2.45, 2.75) is 25.3 Å². The number of amides is 1. The summed E-state index contributed by atoms with van der Waals surface area (Å²) in [4.78, 5) is 13.9. The fraction of sp³-hybridized carbons (Fsp3) is 0.909. The van der Waals surface area contributed by atoms with Crippen LogP contribution in [0.5, 0.6) is 0 Å². The number of hydrogen-bond donors (Lipinski definition) is 2. The molecule has 0 saturated carbocycles. The van der Waals surface area contributed by atoms with Gasteiger partial charge in [0.05, 0.1) is 6.61 Å². The summed E-state index contributed by atoms with van der Waals surface area (Å²) in [6.07, 6.45) is 1.58. The van der Waals surface area contributed by atoms with E-state index in [1.165, 1.54) is 0 Å². The van der Waals surface area contributed by atoms with E-state index in [-0.39, 0.29) is 5.91 Å². The fourth-order valence-corrected chi connectivity index (χ4v) is 2.15. The lowest BCUT2D eigenvalue weighted by atomic mass is 9.86. The molecular weight excluding hydrogens is 206 g/mol. The number of primary amides is 1. The van der Waals surface area contributed by atoms with Gasteiger partial charge in [0.1, 0.15) is 5.54 Å². The smallest absolute Gasteiger partial charge is 0.237 e. The Bertz CT molecular complexity index is 220. The van der Waals surface area contributed by atoms with Crippen LogP contribution in [0.4, 0.5) is 0 Å². The second kappa shape index (κ2) is 6.18. The number of carbonyl (C=O) groups excluding carboxylic acids is 1. The molecule has 5 heteroatoms. The molecule has 1 amide bonds. The number of methoxy groups -OCH3 is 1. The monoisotopic (exact) mass is 229 g/mol. The van der Waals surface area contributed by atoms with Gasteiger partial charge >= 0.3 is 0 Å². The van der Waals surface area contributed by atoms with E-state index >= 15 is 0 Å². The Morgan fingerprint density at radius 2 is 2.12 bits per heavy atom. The van der Waals surface area contributed by atoms with E-state index in [1.54, 1.807) is 7.11 Å². The average Bonchev–Trinajstić information content (AvgIpc) is 2.30. The zero-order valence-electron chi connectivity index (χ0n) is 10.3. The van der Waals surface area contributed by atoms with Gasteiger partial charge in [-0.05, 0) is 19.4 Å². The second-order valence-electron chi connectivity index (χ2n) is 4.30. The van der Waals surface area contributed by atoms with E-state index in [0.717, 1.165) is 32.5 Å². The fourth-order valence-electron chi connectivity index (χ4n) is 2.15. The molecule has 1 aliphatic rings. The van der Waals surface area contributed by atoms with Crippen LogP contribution in [0.2, 0.25) is 0 Å². The van der Waals surface area contributed by atoms with Crippen LogP contribution < -0.4 is 11.1 Å². The lowest BCUT2D eigenvalue weighted by Gasteiger charge is -2.40. The van der Waals surface area contributed by atoms with Gasteiger partial charge in [-0.25, -0.2) is 0 Å². The Labute approximate surface area is 97.3 Å². The van der Waals surface area contributed by atoms with Crippen molar-refractivity contribution < 1.29 is 9.53 Å². The molecule has 0 radical (unpaired) electrons. The van der Waals surface area contributed by atoms with E-state index in [2.05, 4.69) is 17.1 Å². The molecule has 0 unspecified atom stereocenters. The molecule has 0 spiro atoms. The summed E-state index contributed by atoms with van der Waals surface area (Å²) in [7, 11) is 1.65. The predicted molar refractivity (Wildman–Crippen MR) is 63.2 cm³/mol.